The zero-order chi connectivity index (χ0) is 14.5. The molecule has 0 aliphatic rings. The first-order valence-electron chi connectivity index (χ1n) is 6.20. The lowest BCUT2D eigenvalue weighted by Crippen LogP contribution is -2.20. The van der Waals surface area contributed by atoms with E-state index in [-0.39, 0.29) is 10.8 Å². The smallest absolute Gasteiger partial charge is 0.175 e. The third-order valence-corrected chi connectivity index (χ3v) is 2.97. The molecule has 5 heteroatoms. The number of halogens is 2. The van der Waals surface area contributed by atoms with Crippen molar-refractivity contribution in [2.24, 2.45) is 0 Å². The standard InChI is InChI=1S/C15H14F2N2S/c1-2-10-4-3-5-12(8-10)18-15(20)19-14-9-11(16)6-7-13(14)17/h3-9H,2H2,1H3,(H2,18,19,20). The summed E-state index contributed by atoms with van der Waals surface area (Å²) < 4.78 is 26.5. The first kappa shape index (κ1) is 14.4. The van der Waals surface area contributed by atoms with Gasteiger partial charge in [-0.05, 0) is 48.5 Å². The Morgan fingerprint density at radius 2 is 1.90 bits per heavy atom. The highest BCUT2D eigenvalue weighted by atomic mass is 32.1. The SMILES string of the molecule is CCc1cccc(NC(=S)Nc2cc(F)ccc2F)c1. The molecule has 0 fully saturated rings. The molecule has 0 bridgehead atoms. The van der Waals surface area contributed by atoms with Gasteiger partial charge in [-0.3, -0.25) is 0 Å². The fraction of sp³-hybridized carbons (Fsp3) is 0.133. The lowest BCUT2D eigenvalue weighted by atomic mass is 10.1. The van der Waals surface area contributed by atoms with Crippen LogP contribution in [0.15, 0.2) is 42.5 Å². The van der Waals surface area contributed by atoms with Crippen molar-refractivity contribution in [1.29, 1.82) is 0 Å². The van der Waals surface area contributed by atoms with E-state index < -0.39 is 11.6 Å². The number of hydrogen-bond donors (Lipinski definition) is 2. The Labute approximate surface area is 121 Å². The van der Waals surface area contributed by atoms with Gasteiger partial charge in [0.1, 0.15) is 11.6 Å². The molecule has 0 heterocycles. The maximum atomic E-state index is 13.5. The minimum absolute atomic E-state index is 0.00847. The average Bonchev–Trinajstić information content (AvgIpc) is 2.43. The van der Waals surface area contributed by atoms with E-state index in [1.807, 2.05) is 24.3 Å². The Morgan fingerprint density at radius 3 is 2.65 bits per heavy atom. The van der Waals surface area contributed by atoms with Gasteiger partial charge < -0.3 is 10.6 Å². The van der Waals surface area contributed by atoms with Crippen LogP contribution in [0, 0.1) is 11.6 Å². The van der Waals surface area contributed by atoms with Crippen molar-refractivity contribution in [2.75, 3.05) is 10.6 Å². The number of nitrogens with one attached hydrogen (secondary N) is 2. The van der Waals surface area contributed by atoms with Gasteiger partial charge in [-0.1, -0.05) is 19.1 Å². The average molecular weight is 292 g/mol. The number of benzene rings is 2. The Hall–Kier alpha value is -2.01. The number of rotatable bonds is 3. The largest absolute Gasteiger partial charge is 0.332 e. The second-order valence-corrected chi connectivity index (χ2v) is 4.67. The molecule has 104 valence electrons. The van der Waals surface area contributed by atoms with Gasteiger partial charge in [0.05, 0.1) is 5.69 Å². The monoisotopic (exact) mass is 292 g/mol. The fourth-order valence-corrected chi connectivity index (χ4v) is 1.97. The molecule has 0 saturated heterocycles. The quantitative estimate of drug-likeness (QED) is 0.823. The number of anilines is 2. The van der Waals surface area contributed by atoms with Gasteiger partial charge in [-0.25, -0.2) is 8.78 Å². The van der Waals surface area contributed by atoms with E-state index in [1.54, 1.807) is 0 Å². The lowest BCUT2D eigenvalue weighted by molar-refractivity contribution is 0.604. The van der Waals surface area contributed by atoms with Crippen LogP contribution in [0.4, 0.5) is 20.2 Å². The van der Waals surface area contributed by atoms with Crippen LogP contribution in [-0.2, 0) is 6.42 Å². The molecule has 0 aliphatic carbocycles. The fourth-order valence-electron chi connectivity index (χ4n) is 1.75. The van der Waals surface area contributed by atoms with Crippen molar-refractivity contribution in [3.05, 3.63) is 59.7 Å². The Morgan fingerprint density at radius 1 is 1.10 bits per heavy atom. The molecule has 2 nitrogen and oxygen atoms in total. The van der Waals surface area contributed by atoms with Crippen LogP contribution in [-0.4, -0.2) is 5.11 Å². The topological polar surface area (TPSA) is 24.1 Å². The lowest BCUT2D eigenvalue weighted by Gasteiger charge is -2.12. The van der Waals surface area contributed by atoms with E-state index in [2.05, 4.69) is 17.6 Å². The highest BCUT2D eigenvalue weighted by Crippen LogP contribution is 2.16. The summed E-state index contributed by atoms with van der Waals surface area (Å²) >= 11 is 5.09. The summed E-state index contributed by atoms with van der Waals surface area (Å²) in [4.78, 5) is 0. The summed E-state index contributed by atoms with van der Waals surface area (Å²) in [5.74, 6) is -1.08. The van der Waals surface area contributed by atoms with Crippen molar-refractivity contribution in [2.45, 2.75) is 13.3 Å². The van der Waals surface area contributed by atoms with Gasteiger partial charge >= 0.3 is 0 Å². The Bertz CT molecular complexity index is 629. The van der Waals surface area contributed by atoms with Crippen molar-refractivity contribution in [3.8, 4) is 0 Å². The summed E-state index contributed by atoms with van der Waals surface area (Å²) in [5.41, 5.74) is 1.97. The molecule has 0 unspecified atom stereocenters. The maximum Gasteiger partial charge on any atom is 0.175 e. The maximum absolute atomic E-state index is 13.5. The van der Waals surface area contributed by atoms with Gasteiger partial charge in [-0.2, -0.15) is 0 Å². The molecular formula is C15H14F2N2S. The van der Waals surface area contributed by atoms with Crippen LogP contribution in [0.2, 0.25) is 0 Å². The molecular weight excluding hydrogens is 278 g/mol. The molecule has 20 heavy (non-hydrogen) atoms. The Kier molecular flexibility index (Phi) is 4.63. The highest BCUT2D eigenvalue weighted by molar-refractivity contribution is 7.80. The minimum Gasteiger partial charge on any atom is -0.332 e. The van der Waals surface area contributed by atoms with Crippen molar-refractivity contribution in [3.63, 3.8) is 0 Å². The Balaban J connectivity index is 2.07. The zero-order valence-corrected chi connectivity index (χ0v) is 11.7. The first-order chi connectivity index (χ1) is 9.58. The van der Waals surface area contributed by atoms with E-state index in [9.17, 15) is 8.78 Å². The molecule has 0 atom stereocenters. The van der Waals surface area contributed by atoms with Crippen LogP contribution >= 0.6 is 12.2 Å². The molecule has 0 aliphatic heterocycles. The van der Waals surface area contributed by atoms with Crippen molar-refractivity contribution >= 4 is 28.7 Å². The van der Waals surface area contributed by atoms with E-state index in [1.165, 1.54) is 0 Å². The second-order valence-electron chi connectivity index (χ2n) is 4.26. The van der Waals surface area contributed by atoms with Crippen LogP contribution in [0.1, 0.15) is 12.5 Å². The van der Waals surface area contributed by atoms with Gasteiger partial charge in [-0.15, -0.1) is 0 Å². The third kappa shape index (κ3) is 3.74. The molecule has 2 aromatic rings. The summed E-state index contributed by atoms with van der Waals surface area (Å²) in [6, 6.07) is 10.9. The van der Waals surface area contributed by atoms with Crippen molar-refractivity contribution in [1.82, 2.24) is 0 Å². The second kappa shape index (κ2) is 6.43. The van der Waals surface area contributed by atoms with Crippen LogP contribution in [0.25, 0.3) is 0 Å². The molecule has 0 radical (unpaired) electrons. The van der Waals surface area contributed by atoms with Crippen LogP contribution < -0.4 is 10.6 Å². The van der Waals surface area contributed by atoms with E-state index in [0.717, 1.165) is 35.9 Å². The van der Waals surface area contributed by atoms with Crippen LogP contribution in [0.5, 0.6) is 0 Å². The van der Waals surface area contributed by atoms with E-state index in [4.69, 9.17) is 12.2 Å². The minimum atomic E-state index is -0.558. The summed E-state index contributed by atoms with van der Waals surface area (Å²) in [7, 11) is 0. The van der Waals surface area contributed by atoms with Crippen molar-refractivity contribution < 1.29 is 8.78 Å². The van der Waals surface area contributed by atoms with Gasteiger partial charge in [0, 0.05) is 11.8 Å². The molecule has 0 saturated carbocycles. The van der Waals surface area contributed by atoms with Gasteiger partial charge in [0.15, 0.2) is 5.11 Å². The summed E-state index contributed by atoms with van der Waals surface area (Å²) in [5, 5.41) is 5.80. The molecule has 0 amide bonds. The molecule has 0 spiro atoms. The number of thiocarbonyl (C=S) groups is 1. The number of hydrogen-bond acceptors (Lipinski definition) is 1. The van der Waals surface area contributed by atoms with Gasteiger partial charge in [0.25, 0.3) is 0 Å². The first-order valence-corrected chi connectivity index (χ1v) is 6.61. The normalized spacial score (nSPS) is 10.2. The van der Waals surface area contributed by atoms with E-state index in [0.29, 0.717) is 0 Å². The van der Waals surface area contributed by atoms with Crippen LogP contribution in [0.3, 0.4) is 0 Å². The summed E-state index contributed by atoms with van der Waals surface area (Å²) in [6.07, 6.45) is 0.911. The molecule has 2 N–H and O–H groups in total. The molecule has 0 aromatic heterocycles. The third-order valence-electron chi connectivity index (χ3n) is 2.77. The molecule has 2 aromatic carbocycles. The highest BCUT2D eigenvalue weighted by Gasteiger charge is 2.06. The van der Waals surface area contributed by atoms with E-state index >= 15 is 0 Å². The predicted octanol–water partition coefficient (Wildman–Crippen LogP) is 4.34. The zero-order valence-electron chi connectivity index (χ0n) is 10.9. The predicted molar refractivity (Wildman–Crippen MR) is 82.0 cm³/mol. The summed E-state index contributed by atoms with van der Waals surface area (Å²) in [6.45, 7) is 2.05. The number of aryl methyl sites for hydroxylation is 1. The van der Waals surface area contributed by atoms with Gasteiger partial charge in [0.2, 0.25) is 0 Å². The molecule has 2 rings (SSSR count).